The molecular formula is C27H26N2O6S. The van der Waals surface area contributed by atoms with E-state index in [0.717, 1.165) is 11.1 Å². The van der Waals surface area contributed by atoms with Crippen molar-refractivity contribution in [2.24, 2.45) is 4.99 Å². The number of methoxy groups -OCH3 is 3. The number of nitrogens with zero attached hydrogens (tertiary/aromatic N) is 2. The van der Waals surface area contributed by atoms with E-state index in [1.54, 1.807) is 58.6 Å². The number of aromatic nitrogens is 1. The minimum Gasteiger partial charge on any atom is -0.497 e. The smallest absolute Gasteiger partial charge is 0.338 e. The lowest BCUT2D eigenvalue weighted by molar-refractivity contribution is -0.138. The second-order valence-corrected chi connectivity index (χ2v) is 8.87. The first-order valence-corrected chi connectivity index (χ1v) is 11.9. The summed E-state index contributed by atoms with van der Waals surface area (Å²) in [4.78, 5) is 31.9. The molecule has 0 N–H and O–H groups in total. The van der Waals surface area contributed by atoms with Gasteiger partial charge in [0, 0.05) is 0 Å². The lowest BCUT2D eigenvalue weighted by Crippen LogP contribution is -2.39. The molecular weight excluding hydrogens is 480 g/mol. The number of carbonyl (C=O) groups excluding carboxylic acids is 1. The van der Waals surface area contributed by atoms with Gasteiger partial charge in [-0.05, 0) is 48.4 Å². The van der Waals surface area contributed by atoms with Crippen LogP contribution in [0.3, 0.4) is 0 Å². The number of thiazole rings is 1. The minimum atomic E-state index is -0.711. The van der Waals surface area contributed by atoms with Crippen LogP contribution in [0.1, 0.15) is 24.1 Å². The number of benzene rings is 2. The summed E-state index contributed by atoms with van der Waals surface area (Å²) in [5, 5.41) is 0. The molecule has 4 rings (SSSR count). The predicted octanol–water partition coefficient (Wildman–Crippen LogP) is 2.99. The van der Waals surface area contributed by atoms with Gasteiger partial charge in [0.2, 0.25) is 0 Å². The third kappa shape index (κ3) is 4.70. The summed E-state index contributed by atoms with van der Waals surface area (Å²) < 4.78 is 23.3. The molecule has 0 amide bonds. The van der Waals surface area contributed by atoms with Gasteiger partial charge >= 0.3 is 5.97 Å². The third-order valence-electron chi connectivity index (χ3n) is 5.71. The number of carbonyl (C=O) groups is 1. The molecule has 0 unspecified atom stereocenters. The average Bonchev–Trinajstić information content (AvgIpc) is 3.20. The van der Waals surface area contributed by atoms with Gasteiger partial charge in [-0.2, -0.15) is 0 Å². The highest BCUT2D eigenvalue weighted by molar-refractivity contribution is 7.07. The summed E-state index contributed by atoms with van der Waals surface area (Å²) in [5.74, 6) is 1.26. The minimum absolute atomic E-state index is 0.0503. The van der Waals surface area contributed by atoms with Gasteiger partial charge in [0.1, 0.15) is 12.4 Å². The van der Waals surface area contributed by atoms with E-state index in [1.165, 1.54) is 22.0 Å². The molecule has 9 heteroatoms. The summed E-state index contributed by atoms with van der Waals surface area (Å²) >= 11 is 1.25. The van der Waals surface area contributed by atoms with E-state index in [4.69, 9.17) is 18.9 Å². The largest absolute Gasteiger partial charge is 0.497 e. The van der Waals surface area contributed by atoms with Crippen LogP contribution in [-0.2, 0) is 9.53 Å². The van der Waals surface area contributed by atoms with Crippen molar-refractivity contribution in [1.82, 2.24) is 4.57 Å². The van der Waals surface area contributed by atoms with Crippen molar-refractivity contribution in [3.8, 4) is 17.2 Å². The Labute approximate surface area is 212 Å². The molecule has 0 spiro atoms. The van der Waals surface area contributed by atoms with Gasteiger partial charge in [0.25, 0.3) is 5.56 Å². The quantitative estimate of drug-likeness (QED) is 0.345. The zero-order chi connectivity index (χ0) is 25.8. The maximum Gasteiger partial charge on any atom is 0.338 e. The molecule has 0 aliphatic carbocycles. The van der Waals surface area contributed by atoms with E-state index >= 15 is 0 Å². The van der Waals surface area contributed by atoms with E-state index < -0.39 is 12.0 Å². The standard InChI is InChI=1S/C27H26N2O6S/c1-6-13-35-26(31)23-16(2)28-27-29(24(23)18-8-10-19(32-3)11-9-18)25(30)22(36-27)15-17-7-12-20(33-4)21(14-17)34-5/h6-12,14-15,24H,1,13H2,2-5H3/b22-15-/t24-/m1/s1. The Morgan fingerprint density at radius 1 is 1.08 bits per heavy atom. The van der Waals surface area contributed by atoms with E-state index in [1.807, 2.05) is 18.2 Å². The first kappa shape index (κ1) is 25.0. The molecule has 1 aromatic heterocycles. The summed E-state index contributed by atoms with van der Waals surface area (Å²) in [6.07, 6.45) is 3.26. The number of rotatable bonds is 8. The number of hydrogen-bond donors (Lipinski definition) is 0. The van der Waals surface area contributed by atoms with Gasteiger partial charge in [-0.3, -0.25) is 9.36 Å². The molecule has 1 aliphatic rings. The Balaban J connectivity index is 1.90. The van der Waals surface area contributed by atoms with Crippen molar-refractivity contribution in [3.05, 3.63) is 97.2 Å². The number of ether oxygens (including phenoxy) is 4. The Bertz CT molecular complexity index is 1520. The molecule has 1 atom stereocenters. The number of fused-ring (bicyclic) bond motifs is 1. The predicted molar refractivity (Wildman–Crippen MR) is 137 cm³/mol. The monoisotopic (exact) mass is 506 g/mol. The molecule has 3 aromatic rings. The summed E-state index contributed by atoms with van der Waals surface area (Å²) in [6.45, 7) is 5.40. The van der Waals surface area contributed by atoms with Crippen LogP contribution in [0, 0.1) is 0 Å². The van der Waals surface area contributed by atoms with Crippen LogP contribution >= 0.6 is 11.3 Å². The fourth-order valence-corrected chi connectivity index (χ4v) is 5.04. The molecule has 0 fully saturated rings. The Morgan fingerprint density at radius 3 is 2.44 bits per heavy atom. The van der Waals surface area contributed by atoms with Gasteiger partial charge in [0.15, 0.2) is 16.3 Å². The van der Waals surface area contributed by atoms with Crippen molar-refractivity contribution < 1.29 is 23.7 Å². The van der Waals surface area contributed by atoms with Gasteiger partial charge in [-0.1, -0.05) is 42.2 Å². The van der Waals surface area contributed by atoms with Crippen LogP contribution in [0.25, 0.3) is 6.08 Å². The molecule has 0 saturated heterocycles. The molecule has 0 bridgehead atoms. The second-order valence-electron chi connectivity index (χ2n) is 7.86. The van der Waals surface area contributed by atoms with Crippen LogP contribution in [0.5, 0.6) is 17.2 Å². The Kier molecular flexibility index (Phi) is 7.40. The van der Waals surface area contributed by atoms with E-state index in [2.05, 4.69) is 11.6 Å². The normalized spacial score (nSPS) is 15.1. The number of allylic oxidation sites excluding steroid dienone is 1. The highest BCUT2D eigenvalue weighted by atomic mass is 32.1. The molecule has 0 radical (unpaired) electrons. The Hall–Kier alpha value is -4.11. The molecule has 36 heavy (non-hydrogen) atoms. The van der Waals surface area contributed by atoms with Gasteiger partial charge in [-0.15, -0.1) is 0 Å². The van der Waals surface area contributed by atoms with Crippen LogP contribution in [0.2, 0.25) is 0 Å². The van der Waals surface area contributed by atoms with Crippen molar-refractivity contribution >= 4 is 23.4 Å². The van der Waals surface area contributed by atoms with Gasteiger partial charge in [0.05, 0.1) is 43.2 Å². The third-order valence-corrected chi connectivity index (χ3v) is 6.69. The molecule has 186 valence electrons. The Morgan fingerprint density at radius 2 is 1.81 bits per heavy atom. The number of hydrogen-bond acceptors (Lipinski definition) is 8. The van der Waals surface area contributed by atoms with Crippen molar-refractivity contribution in [2.75, 3.05) is 27.9 Å². The molecule has 8 nitrogen and oxygen atoms in total. The van der Waals surface area contributed by atoms with Crippen molar-refractivity contribution in [1.29, 1.82) is 0 Å². The summed E-state index contributed by atoms with van der Waals surface area (Å²) in [6, 6.07) is 11.9. The maximum absolute atomic E-state index is 13.7. The van der Waals surface area contributed by atoms with E-state index in [-0.39, 0.29) is 12.2 Å². The van der Waals surface area contributed by atoms with Crippen molar-refractivity contribution in [3.63, 3.8) is 0 Å². The highest BCUT2D eigenvalue weighted by Gasteiger charge is 2.33. The zero-order valence-corrected chi connectivity index (χ0v) is 21.3. The average molecular weight is 507 g/mol. The molecule has 1 aliphatic heterocycles. The SMILES string of the molecule is C=CCOC(=O)C1=C(C)N=c2s/c(=C\c3ccc(OC)c(OC)c3)c(=O)n2[C@@H]1c1ccc(OC)cc1. The van der Waals surface area contributed by atoms with Crippen LogP contribution in [0.4, 0.5) is 0 Å². The van der Waals surface area contributed by atoms with Crippen LogP contribution in [-0.4, -0.2) is 38.5 Å². The molecule has 2 heterocycles. The topological polar surface area (TPSA) is 88.4 Å². The summed E-state index contributed by atoms with van der Waals surface area (Å²) in [7, 11) is 4.70. The molecule has 2 aromatic carbocycles. The van der Waals surface area contributed by atoms with E-state index in [9.17, 15) is 9.59 Å². The zero-order valence-electron chi connectivity index (χ0n) is 20.4. The lowest BCUT2D eigenvalue weighted by Gasteiger charge is -2.24. The fraction of sp³-hybridized carbons (Fsp3) is 0.222. The van der Waals surface area contributed by atoms with Crippen LogP contribution < -0.4 is 29.1 Å². The fourth-order valence-electron chi connectivity index (χ4n) is 3.99. The van der Waals surface area contributed by atoms with E-state index in [0.29, 0.717) is 37.9 Å². The van der Waals surface area contributed by atoms with Gasteiger partial charge < -0.3 is 18.9 Å². The summed E-state index contributed by atoms with van der Waals surface area (Å²) in [5.41, 5.74) is 2.02. The maximum atomic E-state index is 13.7. The van der Waals surface area contributed by atoms with Crippen LogP contribution in [0.15, 0.2) is 76.2 Å². The first-order chi connectivity index (χ1) is 17.4. The number of esters is 1. The highest BCUT2D eigenvalue weighted by Crippen LogP contribution is 2.32. The second kappa shape index (κ2) is 10.7. The van der Waals surface area contributed by atoms with Gasteiger partial charge in [-0.25, -0.2) is 9.79 Å². The molecule has 0 saturated carbocycles. The van der Waals surface area contributed by atoms with Crippen molar-refractivity contribution in [2.45, 2.75) is 13.0 Å². The first-order valence-electron chi connectivity index (χ1n) is 11.1. The lowest BCUT2D eigenvalue weighted by atomic mass is 9.96.